The Hall–Kier alpha value is -3.51. The van der Waals surface area contributed by atoms with Crippen molar-refractivity contribution < 1.29 is 19.0 Å². The third-order valence-corrected chi connectivity index (χ3v) is 7.94. The molecule has 0 radical (unpaired) electrons. The summed E-state index contributed by atoms with van der Waals surface area (Å²) in [6, 6.07) is 19.1. The molecule has 2 aliphatic heterocycles. The highest BCUT2D eigenvalue weighted by molar-refractivity contribution is 5.94. The first kappa shape index (κ1) is 28.0. The maximum absolute atomic E-state index is 13.6. The Morgan fingerprint density at radius 3 is 2.33 bits per heavy atom. The maximum Gasteiger partial charge on any atom is 0.238 e. The molecule has 0 aliphatic carbocycles. The van der Waals surface area contributed by atoms with Gasteiger partial charge in [-0.25, -0.2) is 0 Å². The number of hydrogen-bond acceptors (Lipinski definition) is 5. The summed E-state index contributed by atoms with van der Waals surface area (Å²) in [7, 11) is 0. The van der Waals surface area contributed by atoms with Gasteiger partial charge in [0.2, 0.25) is 12.7 Å². The number of fused-ring (bicyclic) bond motifs is 1. The number of anilines is 1. The zero-order valence-electron chi connectivity index (χ0n) is 24.5. The molecule has 2 aliphatic rings. The van der Waals surface area contributed by atoms with Gasteiger partial charge < -0.3 is 19.5 Å². The van der Waals surface area contributed by atoms with Crippen LogP contribution in [0.25, 0.3) is 0 Å². The molecule has 1 saturated heterocycles. The second-order valence-corrected chi connectivity index (χ2v) is 11.5. The molecule has 0 bridgehead atoms. The lowest BCUT2D eigenvalue weighted by molar-refractivity contribution is -0.117. The Kier molecular flexibility index (Phi) is 8.65. The van der Waals surface area contributed by atoms with Crippen molar-refractivity contribution in [1.29, 1.82) is 0 Å². The molecule has 5 rings (SSSR count). The predicted octanol–water partition coefficient (Wildman–Crippen LogP) is 7.05. The van der Waals surface area contributed by atoms with Gasteiger partial charge in [-0.15, -0.1) is 0 Å². The second-order valence-electron chi connectivity index (χ2n) is 11.5. The number of carbonyl (C=O) groups excluding carboxylic acids is 1. The largest absolute Gasteiger partial charge is 0.493 e. The van der Waals surface area contributed by atoms with Crippen LogP contribution in [0.5, 0.6) is 17.2 Å². The van der Waals surface area contributed by atoms with Crippen LogP contribution in [0.4, 0.5) is 5.69 Å². The van der Waals surface area contributed by atoms with E-state index < -0.39 is 0 Å². The smallest absolute Gasteiger partial charge is 0.238 e. The Labute approximate surface area is 238 Å². The third kappa shape index (κ3) is 6.28. The lowest BCUT2D eigenvalue weighted by atomic mass is 9.93. The van der Waals surface area contributed by atoms with Gasteiger partial charge in [0, 0.05) is 18.3 Å². The van der Waals surface area contributed by atoms with Gasteiger partial charge in [0.25, 0.3) is 0 Å². The van der Waals surface area contributed by atoms with Crippen molar-refractivity contribution in [2.45, 2.75) is 65.8 Å². The van der Waals surface area contributed by atoms with Crippen molar-refractivity contribution >= 4 is 11.6 Å². The normalized spacial score (nSPS) is 18.4. The maximum atomic E-state index is 13.6. The number of nitrogens with zero attached hydrogens (tertiary/aromatic N) is 1. The average molecular weight is 543 g/mol. The number of nitrogens with one attached hydrogen (secondary N) is 1. The molecule has 40 heavy (non-hydrogen) atoms. The minimum Gasteiger partial charge on any atom is -0.493 e. The van der Waals surface area contributed by atoms with Gasteiger partial charge in [-0.3, -0.25) is 9.69 Å². The molecule has 6 nitrogen and oxygen atoms in total. The van der Waals surface area contributed by atoms with Gasteiger partial charge in [-0.2, -0.15) is 0 Å². The van der Waals surface area contributed by atoms with Gasteiger partial charge in [0.15, 0.2) is 11.5 Å². The summed E-state index contributed by atoms with van der Waals surface area (Å²) in [5, 5.41) is 3.29. The molecule has 0 unspecified atom stereocenters. The quantitative estimate of drug-likeness (QED) is 0.297. The molecule has 1 amide bonds. The standard InChI is InChI=1S/C34H42N2O4/c1-6-24-14-23(5)15-25(7-2)34(24)35-33(37)19-36-18-28(27-10-13-31-32(17-27)40-21-39-31)16-30(36)26-8-11-29(12-9-26)38-20-22(3)4/h8-15,17,22,28,30H,6-7,16,18-21H2,1-5H3,(H,35,37)/t28-,30-/m1/s1. The molecule has 212 valence electrons. The molecule has 0 saturated carbocycles. The Morgan fingerprint density at radius 2 is 1.65 bits per heavy atom. The summed E-state index contributed by atoms with van der Waals surface area (Å²) in [5.41, 5.74) is 7.02. The van der Waals surface area contributed by atoms with E-state index >= 15 is 0 Å². The van der Waals surface area contributed by atoms with E-state index in [9.17, 15) is 4.79 Å². The fraction of sp³-hybridized carbons (Fsp3) is 0.441. The highest BCUT2D eigenvalue weighted by atomic mass is 16.7. The number of likely N-dealkylation sites (tertiary alicyclic amines) is 1. The number of amides is 1. The summed E-state index contributed by atoms with van der Waals surface area (Å²) in [6.45, 7) is 12.8. The highest BCUT2D eigenvalue weighted by Gasteiger charge is 2.35. The van der Waals surface area contributed by atoms with E-state index in [1.807, 2.05) is 6.07 Å². The molecule has 1 N–H and O–H groups in total. The van der Waals surface area contributed by atoms with Crippen molar-refractivity contribution in [1.82, 2.24) is 4.90 Å². The molecular formula is C34H42N2O4. The first-order valence-electron chi connectivity index (χ1n) is 14.6. The molecule has 1 fully saturated rings. The van der Waals surface area contributed by atoms with Gasteiger partial charge in [-0.1, -0.05) is 63.6 Å². The van der Waals surface area contributed by atoms with E-state index in [1.54, 1.807) is 0 Å². The van der Waals surface area contributed by atoms with E-state index in [0.29, 0.717) is 19.1 Å². The van der Waals surface area contributed by atoms with Crippen LogP contribution in [0.2, 0.25) is 0 Å². The molecular weight excluding hydrogens is 500 g/mol. The number of benzene rings is 3. The highest BCUT2D eigenvalue weighted by Crippen LogP contribution is 2.43. The second kappa shape index (κ2) is 12.3. The van der Waals surface area contributed by atoms with Gasteiger partial charge >= 0.3 is 0 Å². The number of rotatable bonds is 10. The summed E-state index contributed by atoms with van der Waals surface area (Å²) >= 11 is 0. The number of ether oxygens (including phenoxy) is 3. The Balaban J connectivity index is 1.37. The van der Waals surface area contributed by atoms with Crippen LogP contribution in [0, 0.1) is 12.8 Å². The fourth-order valence-corrected chi connectivity index (χ4v) is 5.91. The first-order valence-corrected chi connectivity index (χ1v) is 14.6. The van der Waals surface area contributed by atoms with Crippen LogP contribution in [0.1, 0.15) is 73.9 Å². The van der Waals surface area contributed by atoms with Crippen molar-refractivity contribution in [3.05, 3.63) is 82.4 Å². The molecule has 3 aromatic rings. The van der Waals surface area contributed by atoms with E-state index in [2.05, 4.69) is 93.4 Å². The topological polar surface area (TPSA) is 60.0 Å². The predicted molar refractivity (Wildman–Crippen MR) is 160 cm³/mol. The lowest BCUT2D eigenvalue weighted by Gasteiger charge is -2.25. The van der Waals surface area contributed by atoms with Crippen LogP contribution >= 0.6 is 0 Å². The average Bonchev–Trinajstić information content (AvgIpc) is 3.59. The van der Waals surface area contributed by atoms with Crippen LogP contribution < -0.4 is 19.5 Å². The SMILES string of the molecule is CCc1cc(C)cc(CC)c1NC(=O)CN1C[C@H](c2ccc3c(c2)OCO3)C[C@@H]1c1ccc(OCC(C)C)cc1. The third-order valence-electron chi connectivity index (χ3n) is 7.94. The zero-order valence-corrected chi connectivity index (χ0v) is 24.5. The Bertz CT molecular complexity index is 1310. The van der Waals surface area contributed by atoms with E-state index in [1.165, 1.54) is 27.8 Å². The summed E-state index contributed by atoms with van der Waals surface area (Å²) in [5.74, 6) is 3.26. The van der Waals surface area contributed by atoms with Crippen LogP contribution in [-0.2, 0) is 17.6 Å². The number of hydrogen-bond donors (Lipinski definition) is 1. The minimum absolute atomic E-state index is 0.0291. The van der Waals surface area contributed by atoms with Crippen LogP contribution in [0.3, 0.4) is 0 Å². The lowest BCUT2D eigenvalue weighted by Crippen LogP contribution is -2.33. The van der Waals surface area contributed by atoms with E-state index in [-0.39, 0.29) is 24.7 Å². The number of carbonyl (C=O) groups is 1. The molecule has 3 aromatic carbocycles. The van der Waals surface area contributed by atoms with Crippen molar-refractivity contribution in [2.24, 2.45) is 5.92 Å². The van der Waals surface area contributed by atoms with Gasteiger partial charge in [-0.05, 0) is 84.5 Å². The summed E-state index contributed by atoms with van der Waals surface area (Å²) < 4.78 is 17.1. The van der Waals surface area contributed by atoms with Crippen LogP contribution in [0.15, 0.2) is 54.6 Å². The Morgan fingerprint density at radius 1 is 0.975 bits per heavy atom. The first-order chi connectivity index (χ1) is 19.3. The molecule has 2 heterocycles. The molecule has 0 spiro atoms. The molecule has 0 aromatic heterocycles. The monoisotopic (exact) mass is 542 g/mol. The number of aryl methyl sites for hydroxylation is 3. The molecule has 2 atom stereocenters. The van der Waals surface area contributed by atoms with Gasteiger partial charge in [0.1, 0.15) is 5.75 Å². The van der Waals surface area contributed by atoms with Gasteiger partial charge in [0.05, 0.1) is 13.2 Å². The fourth-order valence-electron chi connectivity index (χ4n) is 5.91. The minimum atomic E-state index is 0.0291. The molecule has 6 heteroatoms. The van der Waals surface area contributed by atoms with Crippen molar-refractivity contribution in [3.63, 3.8) is 0 Å². The van der Waals surface area contributed by atoms with Crippen molar-refractivity contribution in [2.75, 3.05) is 31.8 Å². The van der Waals surface area contributed by atoms with E-state index in [4.69, 9.17) is 14.2 Å². The van der Waals surface area contributed by atoms with E-state index in [0.717, 1.165) is 48.7 Å². The van der Waals surface area contributed by atoms with Crippen LogP contribution in [-0.4, -0.2) is 37.3 Å². The summed E-state index contributed by atoms with van der Waals surface area (Å²) in [4.78, 5) is 15.9. The summed E-state index contributed by atoms with van der Waals surface area (Å²) in [6.07, 6.45) is 2.69. The zero-order chi connectivity index (χ0) is 28.2. The van der Waals surface area contributed by atoms with Crippen molar-refractivity contribution in [3.8, 4) is 17.2 Å².